The highest BCUT2D eigenvalue weighted by atomic mass is 16.2. The number of anilines is 1. The first-order valence-electron chi connectivity index (χ1n) is 9.77. The van der Waals surface area contributed by atoms with Crippen molar-refractivity contribution in [2.75, 3.05) is 31.1 Å². The monoisotopic (exact) mass is 343 g/mol. The van der Waals surface area contributed by atoms with Crippen LogP contribution in [-0.2, 0) is 0 Å². The summed E-state index contributed by atoms with van der Waals surface area (Å²) < 4.78 is 0. The predicted molar refractivity (Wildman–Crippen MR) is 97.6 cm³/mol. The summed E-state index contributed by atoms with van der Waals surface area (Å²) in [4.78, 5) is 25.6. The number of urea groups is 1. The molecule has 136 valence electrons. The molecule has 3 fully saturated rings. The lowest BCUT2D eigenvalue weighted by Gasteiger charge is -2.25. The van der Waals surface area contributed by atoms with Gasteiger partial charge in [0.1, 0.15) is 12.1 Å². The normalized spacial score (nSPS) is 27.2. The molecule has 0 aromatic carbocycles. The van der Waals surface area contributed by atoms with E-state index in [0.29, 0.717) is 17.9 Å². The van der Waals surface area contributed by atoms with Crippen LogP contribution < -0.4 is 10.2 Å². The largest absolute Gasteiger partial charge is 0.356 e. The van der Waals surface area contributed by atoms with Crippen LogP contribution in [0.4, 0.5) is 10.6 Å². The summed E-state index contributed by atoms with van der Waals surface area (Å²) in [7, 11) is 0. The Morgan fingerprint density at radius 3 is 2.40 bits per heavy atom. The van der Waals surface area contributed by atoms with Gasteiger partial charge in [-0.3, -0.25) is 0 Å². The summed E-state index contributed by atoms with van der Waals surface area (Å²) in [5, 5.41) is 3.29. The Balaban J connectivity index is 1.31. The van der Waals surface area contributed by atoms with Crippen LogP contribution in [-0.4, -0.2) is 53.1 Å². The molecule has 0 bridgehead atoms. The molecule has 2 amide bonds. The van der Waals surface area contributed by atoms with Gasteiger partial charge in [-0.25, -0.2) is 14.8 Å². The van der Waals surface area contributed by atoms with Crippen LogP contribution >= 0.6 is 0 Å². The molecule has 1 aliphatic carbocycles. The van der Waals surface area contributed by atoms with Crippen LogP contribution in [0, 0.1) is 18.8 Å². The van der Waals surface area contributed by atoms with E-state index >= 15 is 0 Å². The second-order valence-corrected chi connectivity index (χ2v) is 8.00. The third-order valence-electron chi connectivity index (χ3n) is 6.12. The van der Waals surface area contributed by atoms with E-state index < -0.39 is 0 Å². The molecule has 6 heteroatoms. The molecule has 1 aromatic heterocycles. The standard InChI is InChI=1S/C19H29N5O/c1-14-8-20-13-21-18(14)23-9-15-11-24(12-16(15)10-23)19(25)22-17-6-4-2-3-5-7-17/h8,13,15-17H,2-7,9-12H2,1H3,(H,22,25). The lowest BCUT2D eigenvalue weighted by molar-refractivity contribution is 0.200. The summed E-state index contributed by atoms with van der Waals surface area (Å²) >= 11 is 0. The first kappa shape index (κ1) is 16.6. The highest BCUT2D eigenvalue weighted by Gasteiger charge is 2.42. The number of rotatable bonds is 2. The number of nitrogens with zero attached hydrogens (tertiary/aromatic N) is 4. The van der Waals surface area contributed by atoms with E-state index in [1.165, 1.54) is 25.7 Å². The van der Waals surface area contributed by atoms with Crippen LogP contribution in [0.3, 0.4) is 0 Å². The summed E-state index contributed by atoms with van der Waals surface area (Å²) in [6, 6.07) is 0.543. The zero-order chi connectivity index (χ0) is 17.2. The molecule has 1 N–H and O–H groups in total. The minimum atomic E-state index is 0.158. The average Bonchev–Trinajstić information content (AvgIpc) is 3.06. The number of likely N-dealkylation sites (tertiary alicyclic amines) is 1. The number of nitrogens with one attached hydrogen (secondary N) is 1. The van der Waals surface area contributed by atoms with Crippen molar-refractivity contribution >= 4 is 11.8 Å². The number of fused-ring (bicyclic) bond motifs is 1. The lowest BCUT2D eigenvalue weighted by atomic mass is 10.0. The van der Waals surface area contributed by atoms with Crippen molar-refractivity contribution in [3.63, 3.8) is 0 Å². The Labute approximate surface area is 150 Å². The molecule has 0 radical (unpaired) electrons. The van der Waals surface area contributed by atoms with E-state index in [1.807, 2.05) is 11.1 Å². The van der Waals surface area contributed by atoms with E-state index in [4.69, 9.17) is 0 Å². The maximum atomic E-state index is 12.6. The summed E-state index contributed by atoms with van der Waals surface area (Å²) in [5.74, 6) is 2.18. The topological polar surface area (TPSA) is 61.4 Å². The number of hydrogen-bond acceptors (Lipinski definition) is 4. The van der Waals surface area contributed by atoms with Crippen molar-refractivity contribution in [3.05, 3.63) is 18.1 Å². The van der Waals surface area contributed by atoms with Gasteiger partial charge < -0.3 is 15.1 Å². The fourth-order valence-electron chi connectivity index (χ4n) is 4.75. The fraction of sp³-hybridized carbons (Fsp3) is 0.737. The molecule has 2 unspecified atom stereocenters. The van der Waals surface area contributed by atoms with Crippen molar-refractivity contribution in [1.29, 1.82) is 0 Å². The van der Waals surface area contributed by atoms with Gasteiger partial charge in [0.25, 0.3) is 0 Å². The number of aromatic nitrogens is 2. The maximum absolute atomic E-state index is 12.6. The van der Waals surface area contributed by atoms with Crippen molar-refractivity contribution in [2.24, 2.45) is 11.8 Å². The SMILES string of the molecule is Cc1cncnc1N1CC2CN(C(=O)NC3CCCCCC3)CC2C1. The van der Waals surface area contributed by atoms with Gasteiger partial charge in [0, 0.05) is 55.8 Å². The Kier molecular flexibility index (Phi) is 4.77. The van der Waals surface area contributed by atoms with E-state index in [9.17, 15) is 4.79 Å². The van der Waals surface area contributed by atoms with Gasteiger partial charge in [-0.1, -0.05) is 25.7 Å². The fourth-order valence-corrected chi connectivity index (χ4v) is 4.75. The number of carbonyl (C=O) groups excluding carboxylic acids is 1. The van der Waals surface area contributed by atoms with Gasteiger partial charge in [0.05, 0.1) is 0 Å². The summed E-state index contributed by atoms with van der Waals surface area (Å²) in [6.07, 6.45) is 10.9. The molecule has 2 saturated heterocycles. The molecular weight excluding hydrogens is 314 g/mol. The van der Waals surface area contributed by atoms with Crippen molar-refractivity contribution in [2.45, 2.75) is 51.5 Å². The highest BCUT2D eigenvalue weighted by Crippen LogP contribution is 2.34. The third kappa shape index (κ3) is 3.58. The Hall–Kier alpha value is -1.85. The number of aryl methyl sites for hydroxylation is 1. The molecule has 2 aliphatic heterocycles. The predicted octanol–water partition coefficient (Wildman–Crippen LogP) is 2.59. The van der Waals surface area contributed by atoms with E-state index in [1.54, 1.807) is 6.33 Å². The summed E-state index contributed by atoms with van der Waals surface area (Å²) in [6.45, 7) is 5.81. The summed E-state index contributed by atoms with van der Waals surface area (Å²) in [5.41, 5.74) is 1.13. The van der Waals surface area contributed by atoms with E-state index in [-0.39, 0.29) is 6.03 Å². The molecule has 1 aromatic rings. The zero-order valence-corrected chi connectivity index (χ0v) is 15.2. The molecule has 6 nitrogen and oxygen atoms in total. The van der Waals surface area contributed by atoms with Gasteiger partial charge in [0.2, 0.25) is 0 Å². The lowest BCUT2D eigenvalue weighted by Crippen LogP contribution is -2.44. The van der Waals surface area contributed by atoms with E-state index in [0.717, 1.165) is 50.4 Å². The Bertz CT molecular complexity index is 600. The zero-order valence-electron chi connectivity index (χ0n) is 15.2. The second-order valence-electron chi connectivity index (χ2n) is 8.00. The maximum Gasteiger partial charge on any atom is 0.317 e. The number of hydrogen-bond donors (Lipinski definition) is 1. The van der Waals surface area contributed by atoms with Crippen LogP contribution in [0.1, 0.15) is 44.1 Å². The van der Waals surface area contributed by atoms with Crippen LogP contribution in [0.5, 0.6) is 0 Å². The van der Waals surface area contributed by atoms with E-state index in [2.05, 4.69) is 27.1 Å². The molecule has 1 saturated carbocycles. The molecule has 0 spiro atoms. The smallest absolute Gasteiger partial charge is 0.317 e. The second kappa shape index (κ2) is 7.18. The molecular formula is C19H29N5O. The first-order valence-corrected chi connectivity index (χ1v) is 9.77. The molecule has 2 atom stereocenters. The molecule has 3 aliphatic rings. The van der Waals surface area contributed by atoms with Gasteiger partial charge in [-0.15, -0.1) is 0 Å². The van der Waals surface area contributed by atoms with Crippen molar-refractivity contribution in [3.8, 4) is 0 Å². The highest BCUT2D eigenvalue weighted by molar-refractivity contribution is 5.75. The number of carbonyl (C=O) groups is 1. The minimum absolute atomic E-state index is 0.158. The molecule has 4 rings (SSSR count). The van der Waals surface area contributed by atoms with Crippen LogP contribution in [0.2, 0.25) is 0 Å². The molecule has 3 heterocycles. The quantitative estimate of drug-likeness (QED) is 0.839. The average molecular weight is 343 g/mol. The Morgan fingerprint density at radius 2 is 1.76 bits per heavy atom. The van der Waals surface area contributed by atoms with Gasteiger partial charge in [0.15, 0.2) is 0 Å². The van der Waals surface area contributed by atoms with Gasteiger partial charge in [-0.2, -0.15) is 0 Å². The third-order valence-corrected chi connectivity index (χ3v) is 6.12. The molecule has 25 heavy (non-hydrogen) atoms. The van der Waals surface area contributed by atoms with Crippen LogP contribution in [0.25, 0.3) is 0 Å². The Morgan fingerprint density at radius 1 is 1.08 bits per heavy atom. The first-order chi connectivity index (χ1) is 12.2. The van der Waals surface area contributed by atoms with Crippen molar-refractivity contribution < 1.29 is 4.79 Å². The van der Waals surface area contributed by atoms with Crippen LogP contribution in [0.15, 0.2) is 12.5 Å². The van der Waals surface area contributed by atoms with Crippen molar-refractivity contribution in [1.82, 2.24) is 20.2 Å². The van der Waals surface area contributed by atoms with Gasteiger partial charge in [-0.05, 0) is 19.8 Å². The number of amides is 2. The minimum Gasteiger partial charge on any atom is -0.356 e. The van der Waals surface area contributed by atoms with Gasteiger partial charge >= 0.3 is 6.03 Å².